The van der Waals surface area contributed by atoms with E-state index < -0.39 is 0 Å². The Morgan fingerprint density at radius 1 is 1.36 bits per heavy atom. The first-order valence-electron chi connectivity index (χ1n) is 5.60. The van der Waals surface area contributed by atoms with Crippen LogP contribution in [-0.2, 0) is 4.74 Å². The monoisotopic (exact) mass is 199 g/mol. The van der Waals surface area contributed by atoms with E-state index in [2.05, 4.69) is 32.7 Å². The lowest BCUT2D eigenvalue weighted by Gasteiger charge is -2.13. The summed E-state index contributed by atoms with van der Waals surface area (Å²) in [6, 6.07) is 0. The molecule has 0 saturated heterocycles. The van der Waals surface area contributed by atoms with Gasteiger partial charge in [0.05, 0.1) is 12.7 Å². The van der Waals surface area contributed by atoms with Gasteiger partial charge in [-0.05, 0) is 32.2 Å². The SMILES string of the molecule is C=CCCOC(C)CNCCC(C)C. The highest BCUT2D eigenvalue weighted by atomic mass is 16.5. The van der Waals surface area contributed by atoms with Crippen LogP contribution < -0.4 is 5.32 Å². The van der Waals surface area contributed by atoms with E-state index >= 15 is 0 Å². The van der Waals surface area contributed by atoms with E-state index in [1.54, 1.807) is 0 Å². The van der Waals surface area contributed by atoms with E-state index in [1.165, 1.54) is 6.42 Å². The van der Waals surface area contributed by atoms with Crippen LogP contribution in [0.4, 0.5) is 0 Å². The average Bonchev–Trinajstić information content (AvgIpc) is 2.13. The Balaban J connectivity index is 3.17. The van der Waals surface area contributed by atoms with Crippen LogP contribution in [0.3, 0.4) is 0 Å². The zero-order chi connectivity index (χ0) is 10.8. The summed E-state index contributed by atoms with van der Waals surface area (Å²) in [4.78, 5) is 0. The smallest absolute Gasteiger partial charge is 0.0671 e. The fourth-order valence-corrected chi connectivity index (χ4v) is 1.11. The number of nitrogens with one attached hydrogen (secondary N) is 1. The van der Waals surface area contributed by atoms with Crippen LogP contribution in [0.25, 0.3) is 0 Å². The Morgan fingerprint density at radius 3 is 2.64 bits per heavy atom. The maximum absolute atomic E-state index is 5.56. The fraction of sp³-hybridized carbons (Fsp3) is 0.833. The van der Waals surface area contributed by atoms with Crippen LogP contribution in [0.2, 0.25) is 0 Å². The summed E-state index contributed by atoms with van der Waals surface area (Å²) in [6.45, 7) is 13.1. The number of hydrogen-bond acceptors (Lipinski definition) is 2. The zero-order valence-electron chi connectivity index (χ0n) is 9.88. The summed E-state index contributed by atoms with van der Waals surface area (Å²) < 4.78 is 5.56. The molecular formula is C12H25NO. The Labute approximate surface area is 88.7 Å². The van der Waals surface area contributed by atoms with Crippen molar-refractivity contribution in [3.63, 3.8) is 0 Å². The molecule has 2 nitrogen and oxygen atoms in total. The van der Waals surface area contributed by atoms with Crippen LogP contribution in [-0.4, -0.2) is 25.8 Å². The minimum atomic E-state index is 0.308. The molecule has 1 N–H and O–H groups in total. The highest BCUT2D eigenvalue weighted by Crippen LogP contribution is 1.97. The van der Waals surface area contributed by atoms with Crippen molar-refractivity contribution in [1.82, 2.24) is 5.32 Å². The molecule has 0 aliphatic heterocycles. The fourth-order valence-electron chi connectivity index (χ4n) is 1.11. The number of ether oxygens (including phenoxy) is 1. The van der Waals surface area contributed by atoms with Crippen LogP contribution in [0.1, 0.15) is 33.6 Å². The molecule has 0 rings (SSSR count). The Bertz CT molecular complexity index is 134. The van der Waals surface area contributed by atoms with Crippen LogP contribution >= 0.6 is 0 Å². The van der Waals surface area contributed by atoms with Gasteiger partial charge in [-0.25, -0.2) is 0 Å². The first kappa shape index (κ1) is 13.7. The van der Waals surface area contributed by atoms with Crippen molar-refractivity contribution >= 4 is 0 Å². The van der Waals surface area contributed by atoms with Gasteiger partial charge in [-0.1, -0.05) is 19.9 Å². The van der Waals surface area contributed by atoms with E-state index in [0.29, 0.717) is 6.10 Å². The third-order valence-electron chi connectivity index (χ3n) is 2.05. The van der Waals surface area contributed by atoms with Crippen molar-refractivity contribution in [2.24, 2.45) is 5.92 Å². The number of rotatable bonds is 9. The first-order valence-corrected chi connectivity index (χ1v) is 5.60. The lowest BCUT2D eigenvalue weighted by molar-refractivity contribution is 0.0693. The minimum Gasteiger partial charge on any atom is -0.377 e. The second kappa shape index (κ2) is 9.22. The second-order valence-corrected chi connectivity index (χ2v) is 4.15. The second-order valence-electron chi connectivity index (χ2n) is 4.15. The van der Waals surface area contributed by atoms with Crippen molar-refractivity contribution in [3.05, 3.63) is 12.7 Å². The van der Waals surface area contributed by atoms with E-state index in [0.717, 1.165) is 32.0 Å². The molecule has 0 heterocycles. The molecule has 2 heteroatoms. The third-order valence-corrected chi connectivity index (χ3v) is 2.05. The van der Waals surface area contributed by atoms with Crippen LogP contribution in [0.15, 0.2) is 12.7 Å². The number of hydrogen-bond donors (Lipinski definition) is 1. The molecule has 0 amide bonds. The molecule has 1 unspecified atom stereocenters. The zero-order valence-corrected chi connectivity index (χ0v) is 9.88. The summed E-state index contributed by atoms with van der Waals surface area (Å²) in [5, 5.41) is 3.39. The van der Waals surface area contributed by atoms with Gasteiger partial charge in [-0.15, -0.1) is 6.58 Å². The predicted molar refractivity (Wildman–Crippen MR) is 62.6 cm³/mol. The van der Waals surface area contributed by atoms with Gasteiger partial charge in [0.25, 0.3) is 0 Å². The van der Waals surface area contributed by atoms with E-state index in [4.69, 9.17) is 4.74 Å². The summed E-state index contributed by atoms with van der Waals surface area (Å²) in [5.74, 6) is 0.777. The van der Waals surface area contributed by atoms with E-state index in [-0.39, 0.29) is 0 Å². The average molecular weight is 199 g/mol. The van der Waals surface area contributed by atoms with E-state index in [1.807, 2.05) is 6.08 Å². The van der Waals surface area contributed by atoms with E-state index in [9.17, 15) is 0 Å². The molecule has 84 valence electrons. The molecule has 0 aliphatic carbocycles. The Morgan fingerprint density at radius 2 is 2.07 bits per heavy atom. The quantitative estimate of drug-likeness (QED) is 0.455. The molecule has 0 bridgehead atoms. The molecule has 0 aromatic carbocycles. The summed E-state index contributed by atoms with van der Waals surface area (Å²) >= 11 is 0. The molecule has 0 aromatic rings. The van der Waals surface area contributed by atoms with Gasteiger partial charge < -0.3 is 10.1 Å². The summed E-state index contributed by atoms with van der Waals surface area (Å²) in [5.41, 5.74) is 0. The van der Waals surface area contributed by atoms with Gasteiger partial charge in [-0.3, -0.25) is 0 Å². The van der Waals surface area contributed by atoms with Gasteiger partial charge in [0.15, 0.2) is 0 Å². The lowest BCUT2D eigenvalue weighted by Crippen LogP contribution is -2.28. The van der Waals surface area contributed by atoms with Gasteiger partial charge in [0.2, 0.25) is 0 Å². The molecule has 0 aromatic heterocycles. The van der Waals surface area contributed by atoms with Crippen molar-refractivity contribution in [2.45, 2.75) is 39.7 Å². The van der Waals surface area contributed by atoms with Crippen LogP contribution in [0.5, 0.6) is 0 Å². The van der Waals surface area contributed by atoms with Gasteiger partial charge in [0, 0.05) is 6.54 Å². The molecule has 0 saturated carbocycles. The molecule has 0 aliphatic rings. The maximum atomic E-state index is 5.56. The summed E-state index contributed by atoms with van der Waals surface area (Å²) in [6.07, 6.45) is 4.37. The molecule has 0 spiro atoms. The van der Waals surface area contributed by atoms with Crippen LogP contribution in [0, 0.1) is 5.92 Å². The van der Waals surface area contributed by atoms with Crippen molar-refractivity contribution in [2.75, 3.05) is 19.7 Å². The Kier molecular flexibility index (Phi) is 9.00. The molecule has 0 fully saturated rings. The Hall–Kier alpha value is -0.340. The highest BCUT2D eigenvalue weighted by molar-refractivity contribution is 4.65. The first-order chi connectivity index (χ1) is 6.66. The molecule has 0 radical (unpaired) electrons. The minimum absolute atomic E-state index is 0.308. The van der Waals surface area contributed by atoms with Gasteiger partial charge >= 0.3 is 0 Å². The topological polar surface area (TPSA) is 21.3 Å². The molecule has 1 atom stereocenters. The lowest BCUT2D eigenvalue weighted by atomic mass is 10.1. The van der Waals surface area contributed by atoms with Crippen molar-refractivity contribution in [3.8, 4) is 0 Å². The summed E-state index contributed by atoms with van der Waals surface area (Å²) in [7, 11) is 0. The maximum Gasteiger partial charge on any atom is 0.0671 e. The van der Waals surface area contributed by atoms with Gasteiger partial charge in [-0.2, -0.15) is 0 Å². The molecular weight excluding hydrogens is 174 g/mol. The highest BCUT2D eigenvalue weighted by Gasteiger charge is 2.00. The third kappa shape index (κ3) is 9.75. The normalized spacial score (nSPS) is 13.1. The van der Waals surface area contributed by atoms with Crippen molar-refractivity contribution < 1.29 is 4.74 Å². The molecule has 14 heavy (non-hydrogen) atoms. The largest absolute Gasteiger partial charge is 0.377 e. The standard InChI is InChI=1S/C12H25NO/c1-5-6-9-14-12(4)10-13-8-7-11(2)3/h5,11-13H,1,6-10H2,2-4H3. The van der Waals surface area contributed by atoms with Gasteiger partial charge in [0.1, 0.15) is 0 Å². The predicted octanol–water partition coefficient (Wildman–Crippen LogP) is 2.60. The van der Waals surface area contributed by atoms with Crippen molar-refractivity contribution in [1.29, 1.82) is 0 Å².